The molecular formula is C18H15BrN2O2. The molecule has 5 heteroatoms. The third-order valence-corrected chi connectivity index (χ3v) is 5.20. The second-order valence-corrected chi connectivity index (χ2v) is 6.93. The molecule has 2 aromatic rings. The summed E-state index contributed by atoms with van der Waals surface area (Å²) >= 11 is 3.39. The van der Waals surface area contributed by atoms with Crippen molar-refractivity contribution in [1.29, 1.82) is 0 Å². The molecule has 3 amide bonds. The van der Waals surface area contributed by atoms with Crippen LogP contribution in [0, 0.1) is 0 Å². The maximum absolute atomic E-state index is 13.0. The number of benzene rings is 2. The van der Waals surface area contributed by atoms with Crippen molar-refractivity contribution in [3.63, 3.8) is 0 Å². The van der Waals surface area contributed by atoms with E-state index in [2.05, 4.69) is 21.2 Å². The number of amides is 3. The predicted octanol–water partition coefficient (Wildman–Crippen LogP) is 3.34. The van der Waals surface area contributed by atoms with Crippen LogP contribution in [0.2, 0.25) is 0 Å². The molecular weight excluding hydrogens is 356 g/mol. The standard InChI is InChI=1S/C18H15BrN2O2/c19-14-7-5-12(6-8-14)11-21-16(22)18(20-17(21)23)10-9-13-3-1-2-4-15(13)18/h1-8H,9-11H2,(H,20,23)/t18-/m0/s1. The van der Waals surface area contributed by atoms with Gasteiger partial charge in [-0.3, -0.25) is 9.69 Å². The number of hydrogen-bond acceptors (Lipinski definition) is 2. The highest BCUT2D eigenvalue weighted by Crippen LogP contribution is 2.41. The molecule has 0 radical (unpaired) electrons. The Kier molecular flexibility index (Phi) is 3.27. The number of carbonyl (C=O) groups excluding carboxylic acids is 2. The lowest BCUT2D eigenvalue weighted by molar-refractivity contribution is -0.132. The highest BCUT2D eigenvalue weighted by molar-refractivity contribution is 9.10. The molecule has 1 atom stereocenters. The highest BCUT2D eigenvalue weighted by Gasteiger charge is 2.55. The van der Waals surface area contributed by atoms with Crippen LogP contribution in [-0.4, -0.2) is 16.8 Å². The van der Waals surface area contributed by atoms with Gasteiger partial charge in [-0.15, -0.1) is 0 Å². The Balaban J connectivity index is 1.66. The number of nitrogens with one attached hydrogen (secondary N) is 1. The zero-order valence-corrected chi connectivity index (χ0v) is 14.0. The summed E-state index contributed by atoms with van der Waals surface area (Å²) in [5, 5.41) is 2.95. The van der Waals surface area contributed by atoms with E-state index in [-0.39, 0.29) is 11.9 Å². The van der Waals surface area contributed by atoms with Gasteiger partial charge in [0.1, 0.15) is 5.54 Å². The van der Waals surface area contributed by atoms with Crippen LogP contribution in [0.25, 0.3) is 0 Å². The van der Waals surface area contributed by atoms with Gasteiger partial charge in [0.15, 0.2) is 0 Å². The van der Waals surface area contributed by atoms with Crippen LogP contribution in [0.15, 0.2) is 53.0 Å². The average molecular weight is 371 g/mol. The molecule has 0 saturated carbocycles. The lowest BCUT2D eigenvalue weighted by Gasteiger charge is -2.22. The van der Waals surface area contributed by atoms with Crippen molar-refractivity contribution in [2.75, 3.05) is 0 Å². The number of fused-ring (bicyclic) bond motifs is 2. The summed E-state index contributed by atoms with van der Waals surface area (Å²) in [4.78, 5) is 26.7. The summed E-state index contributed by atoms with van der Waals surface area (Å²) in [5.41, 5.74) is 2.14. The average Bonchev–Trinajstić information content (AvgIpc) is 3.04. The van der Waals surface area contributed by atoms with Crippen LogP contribution in [0.5, 0.6) is 0 Å². The number of carbonyl (C=O) groups is 2. The van der Waals surface area contributed by atoms with Crippen molar-refractivity contribution in [2.24, 2.45) is 0 Å². The Morgan fingerprint density at radius 3 is 2.61 bits per heavy atom. The normalized spacial score (nSPS) is 22.6. The van der Waals surface area contributed by atoms with Crippen molar-refractivity contribution in [2.45, 2.75) is 24.9 Å². The second-order valence-electron chi connectivity index (χ2n) is 6.01. The Morgan fingerprint density at radius 1 is 1.09 bits per heavy atom. The summed E-state index contributed by atoms with van der Waals surface area (Å²) < 4.78 is 0.972. The van der Waals surface area contributed by atoms with E-state index in [1.54, 1.807) is 0 Å². The molecule has 0 unspecified atom stereocenters. The molecule has 1 fully saturated rings. The highest BCUT2D eigenvalue weighted by atomic mass is 79.9. The lowest BCUT2D eigenvalue weighted by atomic mass is 9.92. The van der Waals surface area contributed by atoms with E-state index in [1.165, 1.54) is 4.90 Å². The zero-order valence-electron chi connectivity index (χ0n) is 12.4. The molecule has 1 aliphatic carbocycles. The maximum atomic E-state index is 13.0. The number of hydrogen-bond donors (Lipinski definition) is 1. The molecule has 116 valence electrons. The van der Waals surface area contributed by atoms with E-state index in [0.717, 1.165) is 27.6 Å². The minimum absolute atomic E-state index is 0.143. The summed E-state index contributed by atoms with van der Waals surface area (Å²) in [6.45, 7) is 0.294. The fourth-order valence-corrected chi connectivity index (χ4v) is 3.77. The first-order valence-electron chi connectivity index (χ1n) is 7.57. The van der Waals surface area contributed by atoms with Crippen LogP contribution in [0.3, 0.4) is 0 Å². The van der Waals surface area contributed by atoms with Crippen LogP contribution in [-0.2, 0) is 23.3 Å². The Hall–Kier alpha value is -2.14. The molecule has 2 aliphatic rings. The summed E-state index contributed by atoms with van der Waals surface area (Å²) in [6.07, 6.45) is 1.45. The quantitative estimate of drug-likeness (QED) is 0.824. The molecule has 1 spiro atoms. The second kappa shape index (κ2) is 5.20. The number of halogens is 1. The maximum Gasteiger partial charge on any atom is 0.325 e. The number of urea groups is 1. The molecule has 1 heterocycles. The SMILES string of the molecule is O=C1N[C@]2(CCc3ccccc32)C(=O)N1Cc1ccc(Br)cc1. The van der Waals surface area contributed by atoms with Crippen molar-refractivity contribution in [3.05, 3.63) is 69.7 Å². The van der Waals surface area contributed by atoms with Crippen LogP contribution < -0.4 is 5.32 Å². The van der Waals surface area contributed by atoms with Crippen molar-refractivity contribution >= 4 is 27.9 Å². The lowest BCUT2D eigenvalue weighted by Crippen LogP contribution is -2.41. The van der Waals surface area contributed by atoms with Gasteiger partial charge in [-0.2, -0.15) is 0 Å². The molecule has 4 nitrogen and oxygen atoms in total. The predicted molar refractivity (Wildman–Crippen MR) is 89.7 cm³/mol. The van der Waals surface area contributed by atoms with E-state index < -0.39 is 5.54 Å². The number of imide groups is 1. The Bertz CT molecular complexity index is 803. The minimum Gasteiger partial charge on any atom is -0.319 e. The van der Waals surface area contributed by atoms with Crippen LogP contribution in [0.4, 0.5) is 4.79 Å². The van der Waals surface area contributed by atoms with Gasteiger partial charge >= 0.3 is 6.03 Å². The zero-order chi connectivity index (χ0) is 16.0. The van der Waals surface area contributed by atoms with Gasteiger partial charge in [-0.25, -0.2) is 4.79 Å². The first-order valence-corrected chi connectivity index (χ1v) is 8.36. The molecule has 23 heavy (non-hydrogen) atoms. The fraction of sp³-hybridized carbons (Fsp3) is 0.222. The molecule has 2 aromatic carbocycles. The van der Waals surface area contributed by atoms with Gasteiger partial charge in [-0.1, -0.05) is 52.3 Å². The van der Waals surface area contributed by atoms with E-state index >= 15 is 0 Å². The monoisotopic (exact) mass is 370 g/mol. The minimum atomic E-state index is -0.872. The topological polar surface area (TPSA) is 49.4 Å². The Morgan fingerprint density at radius 2 is 1.83 bits per heavy atom. The Labute approximate surface area is 142 Å². The summed E-state index contributed by atoms with van der Waals surface area (Å²) in [6, 6.07) is 15.2. The van der Waals surface area contributed by atoms with Crippen LogP contribution >= 0.6 is 15.9 Å². The number of nitrogens with zero attached hydrogens (tertiary/aromatic N) is 1. The number of aryl methyl sites for hydroxylation is 1. The molecule has 1 N–H and O–H groups in total. The first kappa shape index (κ1) is 14.5. The first-order chi connectivity index (χ1) is 11.1. The molecule has 1 saturated heterocycles. The summed E-state index contributed by atoms with van der Waals surface area (Å²) in [7, 11) is 0. The molecule has 0 bridgehead atoms. The molecule has 4 rings (SSSR count). The van der Waals surface area contributed by atoms with E-state index in [1.807, 2.05) is 48.5 Å². The van der Waals surface area contributed by atoms with E-state index in [9.17, 15) is 9.59 Å². The van der Waals surface area contributed by atoms with Gasteiger partial charge < -0.3 is 5.32 Å². The third-order valence-electron chi connectivity index (χ3n) is 4.68. The van der Waals surface area contributed by atoms with Gasteiger partial charge in [-0.05, 0) is 41.7 Å². The van der Waals surface area contributed by atoms with Gasteiger partial charge in [0.25, 0.3) is 5.91 Å². The third kappa shape index (κ3) is 2.18. The van der Waals surface area contributed by atoms with Gasteiger partial charge in [0, 0.05) is 4.47 Å². The van der Waals surface area contributed by atoms with Crippen molar-refractivity contribution < 1.29 is 9.59 Å². The van der Waals surface area contributed by atoms with E-state index in [0.29, 0.717) is 13.0 Å². The van der Waals surface area contributed by atoms with Gasteiger partial charge in [0.2, 0.25) is 0 Å². The fourth-order valence-electron chi connectivity index (χ4n) is 3.51. The number of rotatable bonds is 2. The summed E-state index contributed by atoms with van der Waals surface area (Å²) in [5.74, 6) is -0.143. The van der Waals surface area contributed by atoms with E-state index in [4.69, 9.17) is 0 Å². The van der Waals surface area contributed by atoms with Crippen molar-refractivity contribution in [3.8, 4) is 0 Å². The van der Waals surface area contributed by atoms with Crippen LogP contribution in [0.1, 0.15) is 23.1 Å². The largest absolute Gasteiger partial charge is 0.325 e. The molecule has 1 aliphatic heterocycles. The smallest absolute Gasteiger partial charge is 0.319 e. The van der Waals surface area contributed by atoms with Crippen molar-refractivity contribution in [1.82, 2.24) is 10.2 Å². The molecule has 0 aromatic heterocycles. The van der Waals surface area contributed by atoms with Gasteiger partial charge in [0.05, 0.1) is 6.54 Å².